The topological polar surface area (TPSA) is 387 Å². The Balaban J connectivity index is 0.000000350. The van der Waals surface area contributed by atoms with Crippen LogP contribution in [0.3, 0.4) is 0 Å². The average Bonchev–Trinajstić information content (AvgIpc) is 1.61. The number of aliphatic hydroxyl groups is 2. The second kappa shape index (κ2) is 45.1. The molecule has 26 atom stereocenters. The summed E-state index contributed by atoms with van der Waals surface area (Å²) in [5, 5.41) is 33.4. The van der Waals surface area contributed by atoms with Gasteiger partial charge in [-0.3, -0.25) is 33.5 Å². The first-order valence-electron chi connectivity index (χ1n) is 41.1. The van der Waals surface area contributed by atoms with Gasteiger partial charge >= 0.3 is 24.1 Å². The lowest BCUT2D eigenvalue weighted by molar-refractivity contribution is -0.295. The zero-order chi connectivity index (χ0) is 85.4. The molecule has 2 aromatic carbocycles. The number of ether oxygens (including phenoxy) is 10. The molecule has 2 amide bonds. The maximum absolute atomic E-state index is 14.5. The van der Waals surface area contributed by atoms with Crippen LogP contribution in [0.2, 0.25) is 0 Å². The number of hydrogen-bond donors (Lipinski definition) is 4. The molecule has 6 heterocycles. The minimum atomic E-state index is -1.30. The fraction of sp³-hybridized carbons (Fsp3) is 0.783. The summed E-state index contributed by atoms with van der Waals surface area (Å²) in [7, 11) is 11.7. The molecule has 2 aromatic rings. The van der Waals surface area contributed by atoms with Gasteiger partial charge in [0.15, 0.2) is 43.8 Å². The number of nitrogens with one attached hydrogen (secondary N) is 2. The molecule has 0 aliphatic carbocycles. The molecule has 0 aromatic heterocycles. The van der Waals surface area contributed by atoms with Crippen molar-refractivity contribution in [2.45, 2.75) is 294 Å². The predicted octanol–water partition coefficient (Wildman–Crippen LogP) is 11.5. The Kier molecular flexibility index (Phi) is 38.1. The molecule has 115 heavy (non-hydrogen) atoms. The number of aliphatic hydroxyl groups excluding tert-OH is 2. The van der Waals surface area contributed by atoms with Crippen LogP contribution in [-0.4, -0.2) is 274 Å². The number of cyclic esters (lactones) is 2. The Hall–Kier alpha value is -6.50. The number of carbonyl (C=O) groups excluding carboxylic acids is 6. The van der Waals surface area contributed by atoms with Crippen molar-refractivity contribution >= 4 is 44.2 Å². The summed E-state index contributed by atoms with van der Waals surface area (Å²) in [6.07, 6.45) is -1.94. The monoisotopic (exact) mass is 1630 g/mol. The lowest BCUT2D eigenvalue weighted by Crippen LogP contribution is -2.62. The number of ketones is 2. The molecule has 0 radical (unpaired) electrons. The molecule has 0 saturated carbocycles. The van der Waals surface area contributed by atoms with Crippen LogP contribution in [0.4, 0.5) is 9.59 Å². The zero-order valence-electron chi connectivity index (χ0n) is 72.0. The number of nitrogens with zero attached hydrogens (tertiary/aromatic N) is 10. The van der Waals surface area contributed by atoms with Gasteiger partial charge < -0.3 is 78.0 Å². The van der Waals surface area contributed by atoms with Crippen LogP contribution >= 0.6 is 8.46 Å². The zero-order valence-corrected chi connectivity index (χ0v) is 72.9. The number of rotatable bonds is 25. The normalized spacial score (nSPS) is 36.7. The van der Waals surface area contributed by atoms with Crippen LogP contribution in [0.15, 0.2) is 70.9 Å². The molecule has 646 valence electrons. The molecule has 6 saturated heterocycles. The molecule has 0 bridgehead atoms. The molecule has 4 N–H and O–H groups in total. The van der Waals surface area contributed by atoms with Gasteiger partial charge in [-0.05, 0) is 208 Å². The highest BCUT2D eigenvalue weighted by Crippen LogP contribution is 2.45. The highest BCUT2D eigenvalue weighted by molar-refractivity contribution is 7.25. The SMILES string of the molecule is CC[C@H]1OC(=O)[C@H](C)C(=O)[C@H](C)[C@@H](O[C@@H]2OC(C)CC(N(C)C)C2O)[C@](C)(OC)C[C@@H](C)CN[C@H](Cc2ccccc2)[C@H]2N(CCCCN=[N+]=[N-])C(=O)O[C@]12C.CC[C@H]1OC(=O)[C@H](C)C(=O)[C@H](C)[C@@H](O[C@@H]2OC(C)CC(N(C)C)C2P=O)[C@](C)(OC)C[C@@H](C)CN[C@H](Cc2ccccc2)[C@H]2N(CCCCN=[N+]=[N-])C(=O)O[C@]12C.CO. The largest absolute Gasteiger partial charge is 0.458 e. The van der Waals surface area contributed by atoms with Crippen LogP contribution in [0.5, 0.6) is 0 Å². The predicted molar refractivity (Wildman–Crippen MR) is 435 cm³/mol. The molecular formula is C83H135N12O19P. The number of likely N-dealkylation sites (N-methyl/N-ethyl adjacent to an activating group) is 1. The van der Waals surface area contributed by atoms with Gasteiger partial charge in [0, 0.05) is 93.3 Å². The van der Waals surface area contributed by atoms with E-state index in [-0.39, 0.29) is 56.7 Å². The first-order chi connectivity index (χ1) is 54.5. The Morgan fingerprint density at radius 3 is 1.31 bits per heavy atom. The van der Waals surface area contributed by atoms with E-state index in [4.69, 9.17) is 63.5 Å². The third-order valence-electron chi connectivity index (χ3n) is 24.5. The van der Waals surface area contributed by atoms with E-state index in [1.807, 2.05) is 154 Å². The van der Waals surface area contributed by atoms with Crippen LogP contribution in [-0.2, 0) is 84.0 Å². The maximum Gasteiger partial charge on any atom is 0.410 e. The van der Waals surface area contributed by atoms with Gasteiger partial charge in [0.25, 0.3) is 0 Å². The van der Waals surface area contributed by atoms with Crippen LogP contribution in [0, 0.1) is 35.5 Å². The van der Waals surface area contributed by atoms with Gasteiger partial charge in [-0.15, -0.1) is 0 Å². The molecular weight excluding hydrogens is 1500 g/mol. The smallest absolute Gasteiger partial charge is 0.410 e. The summed E-state index contributed by atoms with van der Waals surface area (Å²) in [6.45, 7) is 28.0. The van der Waals surface area contributed by atoms with E-state index in [9.17, 15) is 38.4 Å². The quantitative estimate of drug-likeness (QED) is 0.0105. The summed E-state index contributed by atoms with van der Waals surface area (Å²) < 4.78 is 76.4. The Labute approximate surface area is 683 Å². The Morgan fingerprint density at radius 1 is 0.583 bits per heavy atom. The van der Waals surface area contributed by atoms with E-state index >= 15 is 0 Å². The molecule has 6 unspecified atom stereocenters. The maximum atomic E-state index is 14.5. The molecule has 32 heteroatoms. The van der Waals surface area contributed by atoms with Gasteiger partial charge in [-0.2, -0.15) is 0 Å². The van der Waals surface area contributed by atoms with Gasteiger partial charge in [0.05, 0.1) is 47.7 Å². The lowest BCUT2D eigenvalue weighted by atomic mass is 9.78. The van der Waals surface area contributed by atoms with Crippen molar-refractivity contribution in [2.24, 2.45) is 45.7 Å². The summed E-state index contributed by atoms with van der Waals surface area (Å²) >= 11 is 0. The minimum Gasteiger partial charge on any atom is -0.458 e. The van der Waals surface area contributed by atoms with Crippen molar-refractivity contribution in [1.29, 1.82) is 0 Å². The molecule has 6 fully saturated rings. The van der Waals surface area contributed by atoms with Crippen LogP contribution in [0.1, 0.15) is 172 Å². The first-order valence-corrected chi connectivity index (χ1v) is 42.0. The Morgan fingerprint density at radius 2 is 0.957 bits per heavy atom. The van der Waals surface area contributed by atoms with Crippen molar-refractivity contribution in [2.75, 3.05) is 88.8 Å². The van der Waals surface area contributed by atoms with Gasteiger partial charge in [-0.1, -0.05) is 112 Å². The standard InChI is InChI=1S/C41H65N6O9P.C41H66N6O9.CH4O/c1-11-32-41(7)35(47(39(50)56-41)20-16-15-19-44-45-42)30(22-29-17-13-12-14-18-29)43-24-25(2)23-40(6,52-10)36(27(4)33(48)28(5)37(49)54-32)55-38-34(57-51)31(46(8)9)21-26(3)53-38;1-11-32-41(7)35(47(39(51)56-41)20-16-15-19-44-45-42)30(22-29-17-13-12-14-18-29)43-24-25(2)23-40(6,52-10)36(27(4)33(48)28(5)37(50)54-32)55-38-34(49)31(46(8)9)21-26(3)53-38;1-2/h12-14,17-18,25-28,30-32,34-36,38,43H,11,15-16,19-24H2,1-10H3;12-14,17-18,25-28,30-32,34-36,38,43,49H,11,15-16,19-24H2,1-10H3;2H,1H3/t2*25-,26?,27+,28-,30-,31?,32-,34?,35-,36-,38+,40-,41-;/m11./s1. The number of esters is 2. The number of amides is 2. The number of carbonyl (C=O) groups is 6. The summed E-state index contributed by atoms with van der Waals surface area (Å²) in [4.78, 5) is 98.1. The Bertz CT molecular complexity index is 3530. The van der Waals surface area contributed by atoms with Crippen molar-refractivity contribution in [3.05, 3.63) is 92.7 Å². The number of Topliss-reactive ketones (excluding diaryl/α,β-unsaturated/α-hetero) is 2. The minimum absolute atomic E-state index is 0.0544. The van der Waals surface area contributed by atoms with E-state index in [1.54, 1.807) is 37.9 Å². The fourth-order valence-corrected chi connectivity index (χ4v) is 19.0. The van der Waals surface area contributed by atoms with Gasteiger partial charge in [0.2, 0.25) is 0 Å². The van der Waals surface area contributed by atoms with E-state index in [1.165, 1.54) is 13.8 Å². The number of benzene rings is 2. The summed E-state index contributed by atoms with van der Waals surface area (Å²) in [5.74, 6) is -6.54. The fourth-order valence-electron chi connectivity index (χ4n) is 18.2. The van der Waals surface area contributed by atoms with E-state index in [0.29, 0.717) is 116 Å². The first kappa shape index (κ1) is 97.3. The van der Waals surface area contributed by atoms with Crippen LogP contribution < -0.4 is 10.6 Å². The molecule has 6 aliphatic heterocycles. The van der Waals surface area contributed by atoms with E-state index < -0.39 is 143 Å². The van der Waals surface area contributed by atoms with Crippen molar-refractivity contribution in [3.63, 3.8) is 0 Å². The number of fused-ring (bicyclic) bond motifs is 2. The number of hydrogen-bond acceptors (Lipinski definition) is 25. The third-order valence-corrected chi connectivity index (χ3v) is 25.3. The van der Waals surface area contributed by atoms with Crippen molar-refractivity contribution in [1.82, 2.24) is 30.2 Å². The van der Waals surface area contributed by atoms with Gasteiger partial charge in [-0.25, -0.2) is 9.59 Å². The lowest BCUT2D eigenvalue weighted by Gasteiger charge is -2.46. The molecule has 6 aliphatic rings. The second-order valence-corrected chi connectivity index (χ2v) is 34.4. The molecule has 31 nitrogen and oxygen atoms in total. The number of methoxy groups -OCH3 is 2. The number of azide groups is 2. The molecule has 8 rings (SSSR count). The average molecular weight is 1640 g/mol. The van der Waals surface area contributed by atoms with E-state index in [0.717, 1.165) is 18.2 Å². The van der Waals surface area contributed by atoms with Crippen molar-refractivity contribution in [3.8, 4) is 0 Å². The number of unbranched alkanes of at least 4 members (excludes halogenated alkanes) is 2. The summed E-state index contributed by atoms with van der Waals surface area (Å²) in [6, 6.07) is 17.7. The third kappa shape index (κ3) is 24.4. The van der Waals surface area contributed by atoms with Crippen LogP contribution in [0.25, 0.3) is 20.9 Å². The summed E-state index contributed by atoms with van der Waals surface area (Å²) in [5.41, 5.74) is 14.4. The highest BCUT2D eigenvalue weighted by Gasteiger charge is 2.62. The van der Waals surface area contributed by atoms with Crippen molar-refractivity contribution < 1.29 is 90.9 Å². The van der Waals surface area contributed by atoms with Gasteiger partial charge in [0.1, 0.15) is 35.8 Å². The molecule has 0 spiro atoms. The highest BCUT2D eigenvalue weighted by atomic mass is 31.1. The van der Waals surface area contributed by atoms with E-state index in [2.05, 4.69) is 44.5 Å². The second-order valence-electron chi connectivity index (χ2n) is 33.6.